The quantitative estimate of drug-likeness (QED) is 0.562. The zero-order valence-corrected chi connectivity index (χ0v) is 14.4. The van der Waals surface area contributed by atoms with Crippen molar-refractivity contribution < 1.29 is 19.1 Å². The number of ether oxygens (including phenoxy) is 2. The van der Waals surface area contributed by atoms with Crippen LogP contribution in [-0.2, 0) is 16.0 Å². The summed E-state index contributed by atoms with van der Waals surface area (Å²) in [5.74, 6) is -0.419. The van der Waals surface area contributed by atoms with E-state index >= 15 is 0 Å². The molecule has 5 heteroatoms. The first kappa shape index (κ1) is 18.5. The molecule has 1 N–H and O–H groups in total. The molecule has 0 radical (unpaired) electrons. The molecular weight excluding hydrogens is 318 g/mol. The van der Waals surface area contributed by atoms with Gasteiger partial charge in [0.05, 0.1) is 6.61 Å². The third-order valence-electron chi connectivity index (χ3n) is 3.55. The van der Waals surface area contributed by atoms with E-state index in [2.05, 4.69) is 17.4 Å². The minimum atomic E-state index is -0.566. The second kappa shape index (κ2) is 10.1. The zero-order chi connectivity index (χ0) is 17.9. The number of para-hydroxylation sites is 1. The van der Waals surface area contributed by atoms with Crippen molar-refractivity contribution in [2.24, 2.45) is 0 Å². The molecule has 2 aromatic rings. The number of carbonyl (C=O) groups excluding carboxylic acids is 2. The van der Waals surface area contributed by atoms with E-state index in [9.17, 15) is 9.59 Å². The number of aryl methyl sites for hydroxylation is 1. The number of rotatable bonds is 9. The van der Waals surface area contributed by atoms with Crippen LogP contribution in [0.25, 0.3) is 0 Å². The van der Waals surface area contributed by atoms with E-state index in [1.165, 1.54) is 5.56 Å². The second-order valence-electron chi connectivity index (χ2n) is 5.44. The van der Waals surface area contributed by atoms with Gasteiger partial charge in [0.25, 0.3) is 5.91 Å². The number of hydrogen-bond donors (Lipinski definition) is 1. The SMILES string of the molecule is CCOc1ccccc1C(=O)OCC(=O)NCCCc1ccccc1. The van der Waals surface area contributed by atoms with Gasteiger partial charge < -0.3 is 14.8 Å². The Morgan fingerprint density at radius 2 is 1.72 bits per heavy atom. The van der Waals surface area contributed by atoms with Gasteiger partial charge in [0.2, 0.25) is 0 Å². The first-order valence-electron chi connectivity index (χ1n) is 8.40. The van der Waals surface area contributed by atoms with Crippen LogP contribution in [0, 0.1) is 0 Å². The Bertz CT molecular complexity index is 685. The molecule has 0 spiro atoms. The van der Waals surface area contributed by atoms with Crippen LogP contribution < -0.4 is 10.1 Å². The molecule has 1 amide bonds. The molecule has 0 fully saturated rings. The van der Waals surface area contributed by atoms with Gasteiger partial charge in [0, 0.05) is 6.54 Å². The van der Waals surface area contributed by atoms with E-state index in [1.807, 2.05) is 25.1 Å². The minimum Gasteiger partial charge on any atom is -0.493 e. The van der Waals surface area contributed by atoms with Crippen molar-refractivity contribution in [3.05, 3.63) is 65.7 Å². The highest BCUT2D eigenvalue weighted by Crippen LogP contribution is 2.18. The van der Waals surface area contributed by atoms with Gasteiger partial charge in [-0.1, -0.05) is 42.5 Å². The smallest absolute Gasteiger partial charge is 0.342 e. The molecule has 0 aromatic heterocycles. The summed E-state index contributed by atoms with van der Waals surface area (Å²) in [4.78, 5) is 23.9. The molecule has 0 aliphatic carbocycles. The lowest BCUT2D eigenvalue weighted by molar-refractivity contribution is -0.124. The number of carbonyl (C=O) groups is 2. The fourth-order valence-electron chi connectivity index (χ4n) is 2.34. The average molecular weight is 341 g/mol. The summed E-state index contributed by atoms with van der Waals surface area (Å²) in [7, 11) is 0. The van der Waals surface area contributed by atoms with Crippen LogP contribution in [0.4, 0.5) is 0 Å². The highest BCUT2D eigenvalue weighted by molar-refractivity contribution is 5.93. The fourth-order valence-corrected chi connectivity index (χ4v) is 2.34. The normalized spacial score (nSPS) is 10.1. The van der Waals surface area contributed by atoms with Gasteiger partial charge in [0.15, 0.2) is 6.61 Å². The van der Waals surface area contributed by atoms with Crippen molar-refractivity contribution in [1.82, 2.24) is 5.32 Å². The van der Waals surface area contributed by atoms with Crippen LogP contribution >= 0.6 is 0 Å². The zero-order valence-electron chi connectivity index (χ0n) is 14.4. The largest absolute Gasteiger partial charge is 0.493 e. The van der Waals surface area contributed by atoms with Gasteiger partial charge in [-0.15, -0.1) is 0 Å². The second-order valence-corrected chi connectivity index (χ2v) is 5.44. The van der Waals surface area contributed by atoms with Crippen LogP contribution in [0.2, 0.25) is 0 Å². The molecule has 2 rings (SSSR count). The van der Waals surface area contributed by atoms with E-state index in [0.717, 1.165) is 12.8 Å². The monoisotopic (exact) mass is 341 g/mol. The van der Waals surface area contributed by atoms with Crippen LogP contribution in [0.5, 0.6) is 5.75 Å². The summed E-state index contributed by atoms with van der Waals surface area (Å²) >= 11 is 0. The average Bonchev–Trinajstić information content (AvgIpc) is 2.65. The van der Waals surface area contributed by atoms with Crippen LogP contribution in [-0.4, -0.2) is 31.6 Å². The van der Waals surface area contributed by atoms with Gasteiger partial charge in [-0.25, -0.2) is 4.79 Å². The Kier molecular flexibility index (Phi) is 7.50. The van der Waals surface area contributed by atoms with E-state index in [1.54, 1.807) is 24.3 Å². The molecule has 0 unspecified atom stereocenters. The number of hydrogen-bond acceptors (Lipinski definition) is 4. The standard InChI is InChI=1S/C20H23NO4/c1-2-24-18-13-7-6-12-17(18)20(23)25-15-19(22)21-14-8-11-16-9-4-3-5-10-16/h3-7,9-10,12-13H,2,8,11,14-15H2,1H3,(H,21,22). The summed E-state index contributed by atoms with van der Waals surface area (Å²) in [6, 6.07) is 16.9. The Labute approximate surface area is 148 Å². The third kappa shape index (κ3) is 6.30. The lowest BCUT2D eigenvalue weighted by atomic mass is 10.1. The topological polar surface area (TPSA) is 64.6 Å². The lowest BCUT2D eigenvalue weighted by Crippen LogP contribution is -2.29. The minimum absolute atomic E-state index is 0.301. The van der Waals surface area contributed by atoms with Crippen molar-refractivity contribution in [3.8, 4) is 5.75 Å². The van der Waals surface area contributed by atoms with Crippen molar-refractivity contribution in [2.75, 3.05) is 19.8 Å². The van der Waals surface area contributed by atoms with Crippen molar-refractivity contribution >= 4 is 11.9 Å². The maximum atomic E-state index is 12.1. The van der Waals surface area contributed by atoms with Gasteiger partial charge in [0.1, 0.15) is 11.3 Å². The Morgan fingerprint density at radius 1 is 1.00 bits per heavy atom. The molecular formula is C20H23NO4. The van der Waals surface area contributed by atoms with Crippen LogP contribution in [0.3, 0.4) is 0 Å². The van der Waals surface area contributed by atoms with Crippen molar-refractivity contribution in [2.45, 2.75) is 19.8 Å². The molecule has 0 atom stereocenters. The predicted molar refractivity (Wildman–Crippen MR) is 95.7 cm³/mol. The van der Waals surface area contributed by atoms with Crippen LogP contribution in [0.15, 0.2) is 54.6 Å². The maximum absolute atomic E-state index is 12.1. The van der Waals surface area contributed by atoms with Gasteiger partial charge in [-0.3, -0.25) is 4.79 Å². The number of benzene rings is 2. The van der Waals surface area contributed by atoms with E-state index < -0.39 is 5.97 Å². The van der Waals surface area contributed by atoms with Crippen molar-refractivity contribution in [1.29, 1.82) is 0 Å². The molecule has 25 heavy (non-hydrogen) atoms. The Morgan fingerprint density at radius 3 is 2.48 bits per heavy atom. The van der Waals surface area contributed by atoms with Crippen molar-refractivity contribution in [3.63, 3.8) is 0 Å². The number of esters is 1. The lowest BCUT2D eigenvalue weighted by Gasteiger charge is -2.10. The summed E-state index contributed by atoms with van der Waals surface area (Å²) in [6.45, 7) is 2.53. The summed E-state index contributed by atoms with van der Waals surface area (Å²) in [5, 5.41) is 2.75. The molecule has 0 aliphatic heterocycles. The molecule has 0 saturated carbocycles. The van der Waals surface area contributed by atoms with Crippen LogP contribution in [0.1, 0.15) is 29.3 Å². The summed E-state index contributed by atoms with van der Waals surface area (Å²) < 4.78 is 10.4. The predicted octanol–water partition coefficient (Wildman–Crippen LogP) is 2.99. The number of nitrogens with one attached hydrogen (secondary N) is 1. The molecule has 2 aromatic carbocycles. The Hall–Kier alpha value is -2.82. The Balaban J connectivity index is 1.70. The molecule has 0 heterocycles. The molecule has 5 nitrogen and oxygen atoms in total. The molecule has 132 valence electrons. The highest BCUT2D eigenvalue weighted by Gasteiger charge is 2.14. The van der Waals surface area contributed by atoms with Gasteiger partial charge >= 0.3 is 5.97 Å². The fraction of sp³-hybridized carbons (Fsp3) is 0.300. The number of amides is 1. The summed E-state index contributed by atoms with van der Waals surface area (Å²) in [6.07, 6.45) is 1.72. The van der Waals surface area contributed by atoms with E-state index in [4.69, 9.17) is 9.47 Å². The molecule has 0 saturated heterocycles. The van der Waals surface area contributed by atoms with Gasteiger partial charge in [-0.05, 0) is 37.5 Å². The maximum Gasteiger partial charge on any atom is 0.342 e. The van der Waals surface area contributed by atoms with E-state index in [0.29, 0.717) is 24.5 Å². The molecule has 0 bridgehead atoms. The third-order valence-corrected chi connectivity index (χ3v) is 3.55. The summed E-state index contributed by atoms with van der Waals surface area (Å²) in [5.41, 5.74) is 1.55. The molecule has 0 aliphatic rings. The first-order chi connectivity index (χ1) is 12.2. The first-order valence-corrected chi connectivity index (χ1v) is 8.40. The highest BCUT2D eigenvalue weighted by atomic mass is 16.5. The van der Waals surface area contributed by atoms with E-state index in [-0.39, 0.29) is 12.5 Å². The van der Waals surface area contributed by atoms with Gasteiger partial charge in [-0.2, -0.15) is 0 Å².